The van der Waals surface area contributed by atoms with Crippen LogP contribution in [0.1, 0.15) is 33.3 Å². The molecule has 18 heavy (non-hydrogen) atoms. The molecule has 1 heterocycles. The lowest BCUT2D eigenvalue weighted by atomic mass is 9.75. The minimum atomic E-state index is -0.279. The number of aryl methyl sites for hydroxylation is 1. The fourth-order valence-electron chi connectivity index (χ4n) is 2.06. The van der Waals surface area contributed by atoms with Gasteiger partial charge in [0.05, 0.1) is 11.2 Å². The highest BCUT2D eigenvalue weighted by Gasteiger charge is 2.52. The second-order valence-electron chi connectivity index (χ2n) is 5.73. The molecule has 0 amide bonds. The number of alkyl halides is 1. The van der Waals surface area contributed by atoms with Gasteiger partial charge in [-0.1, -0.05) is 40.2 Å². The van der Waals surface area contributed by atoms with E-state index in [9.17, 15) is 0 Å². The molecule has 4 heteroatoms. The Kier molecular flexibility index (Phi) is 3.91. The summed E-state index contributed by atoms with van der Waals surface area (Å²) in [5, 5.41) is 0.948. The van der Waals surface area contributed by atoms with Gasteiger partial charge in [-0.2, -0.15) is 0 Å². The van der Waals surface area contributed by atoms with Crippen LogP contribution in [0.2, 0.25) is 0 Å². The lowest BCUT2D eigenvalue weighted by Crippen LogP contribution is -2.41. The van der Waals surface area contributed by atoms with Crippen LogP contribution in [0.25, 0.3) is 0 Å². The fourth-order valence-corrected chi connectivity index (χ4v) is 2.49. The molecule has 1 aliphatic rings. The van der Waals surface area contributed by atoms with Crippen molar-refractivity contribution < 1.29 is 9.31 Å². The van der Waals surface area contributed by atoms with Crippen LogP contribution in [0.3, 0.4) is 0 Å². The summed E-state index contributed by atoms with van der Waals surface area (Å²) in [6.45, 7) is 8.33. The van der Waals surface area contributed by atoms with Crippen molar-refractivity contribution in [3.05, 3.63) is 29.8 Å². The minimum absolute atomic E-state index is 0.259. The first kappa shape index (κ1) is 14.1. The van der Waals surface area contributed by atoms with E-state index in [1.165, 1.54) is 5.56 Å². The van der Waals surface area contributed by atoms with Gasteiger partial charge in [-0.3, -0.25) is 0 Å². The monoisotopic (exact) mass is 310 g/mol. The van der Waals surface area contributed by atoms with E-state index in [0.29, 0.717) is 0 Å². The van der Waals surface area contributed by atoms with Crippen LogP contribution in [0.15, 0.2) is 24.3 Å². The second kappa shape index (κ2) is 4.99. The van der Waals surface area contributed by atoms with E-state index >= 15 is 0 Å². The fraction of sp³-hybridized carbons (Fsp3) is 0.571. The molecular weight excluding hydrogens is 291 g/mol. The summed E-state index contributed by atoms with van der Waals surface area (Å²) in [4.78, 5) is 0. The number of hydrogen-bond acceptors (Lipinski definition) is 2. The molecule has 0 unspecified atom stereocenters. The quantitative estimate of drug-likeness (QED) is 0.631. The zero-order valence-corrected chi connectivity index (χ0v) is 13.1. The van der Waals surface area contributed by atoms with E-state index < -0.39 is 0 Å². The summed E-state index contributed by atoms with van der Waals surface area (Å²) < 4.78 is 12.2. The maximum absolute atomic E-state index is 6.10. The Bertz CT molecular complexity index is 416. The topological polar surface area (TPSA) is 18.5 Å². The van der Waals surface area contributed by atoms with E-state index in [1.54, 1.807) is 0 Å². The standard InChI is InChI=1S/C14H20BBrO2/c1-13(2)14(3,4)18-15(17-13)12-8-6-5-7-11(12)9-10-16/h5-8H,9-10H2,1-4H3. The van der Waals surface area contributed by atoms with Crippen molar-refractivity contribution in [2.24, 2.45) is 0 Å². The van der Waals surface area contributed by atoms with Gasteiger partial charge in [0.25, 0.3) is 0 Å². The smallest absolute Gasteiger partial charge is 0.399 e. The number of benzene rings is 1. The van der Waals surface area contributed by atoms with Crippen LogP contribution in [-0.2, 0) is 15.7 Å². The van der Waals surface area contributed by atoms with Crippen molar-refractivity contribution in [1.29, 1.82) is 0 Å². The molecule has 0 saturated carbocycles. The maximum atomic E-state index is 6.10. The van der Waals surface area contributed by atoms with Crippen molar-refractivity contribution in [1.82, 2.24) is 0 Å². The average Bonchev–Trinajstić information content (AvgIpc) is 2.49. The Morgan fingerprint density at radius 1 is 1.06 bits per heavy atom. The van der Waals surface area contributed by atoms with Gasteiger partial charge in [0, 0.05) is 5.33 Å². The third-order valence-corrected chi connectivity index (χ3v) is 4.32. The van der Waals surface area contributed by atoms with Gasteiger partial charge in [0.2, 0.25) is 0 Å². The molecule has 98 valence electrons. The number of halogens is 1. The van der Waals surface area contributed by atoms with Crippen molar-refractivity contribution in [3.8, 4) is 0 Å². The molecule has 0 bridgehead atoms. The van der Waals surface area contributed by atoms with Crippen LogP contribution >= 0.6 is 15.9 Å². The normalized spacial score (nSPS) is 21.3. The van der Waals surface area contributed by atoms with Crippen LogP contribution in [0.4, 0.5) is 0 Å². The Morgan fingerprint density at radius 2 is 1.61 bits per heavy atom. The largest absolute Gasteiger partial charge is 0.495 e. The van der Waals surface area contributed by atoms with Gasteiger partial charge >= 0.3 is 7.12 Å². The summed E-state index contributed by atoms with van der Waals surface area (Å²) >= 11 is 3.49. The van der Waals surface area contributed by atoms with Crippen molar-refractivity contribution in [2.45, 2.75) is 45.3 Å². The Balaban J connectivity index is 2.29. The molecule has 0 aliphatic carbocycles. The number of hydrogen-bond donors (Lipinski definition) is 0. The summed E-state index contributed by atoms with van der Waals surface area (Å²) in [6, 6.07) is 8.34. The molecule has 1 aromatic rings. The molecule has 2 rings (SSSR count). The third kappa shape index (κ3) is 2.51. The van der Waals surface area contributed by atoms with Crippen molar-refractivity contribution in [3.63, 3.8) is 0 Å². The summed E-state index contributed by atoms with van der Waals surface area (Å²) in [7, 11) is -0.259. The highest BCUT2D eigenvalue weighted by atomic mass is 79.9. The number of rotatable bonds is 3. The van der Waals surface area contributed by atoms with E-state index in [-0.39, 0.29) is 18.3 Å². The predicted molar refractivity (Wildman–Crippen MR) is 79.7 cm³/mol. The van der Waals surface area contributed by atoms with Gasteiger partial charge in [-0.25, -0.2) is 0 Å². The second-order valence-corrected chi connectivity index (χ2v) is 6.52. The van der Waals surface area contributed by atoms with E-state index in [0.717, 1.165) is 17.2 Å². The molecule has 1 aromatic carbocycles. The SMILES string of the molecule is CC1(C)OB(c2ccccc2CCBr)OC1(C)C. The van der Waals surface area contributed by atoms with Gasteiger partial charge in [0.15, 0.2) is 0 Å². The van der Waals surface area contributed by atoms with E-state index in [4.69, 9.17) is 9.31 Å². The summed E-state index contributed by atoms with van der Waals surface area (Å²) in [6.07, 6.45) is 0.986. The molecule has 0 N–H and O–H groups in total. The Hall–Kier alpha value is -0.315. The van der Waals surface area contributed by atoms with Crippen LogP contribution in [-0.4, -0.2) is 23.7 Å². The minimum Gasteiger partial charge on any atom is -0.399 e. The molecule has 1 saturated heterocycles. The molecule has 0 atom stereocenters. The molecule has 2 nitrogen and oxygen atoms in total. The van der Waals surface area contributed by atoms with Crippen LogP contribution in [0, 0.1) is 0 Å². The average molecular weight is 311 g/mol. The predicted octanol–water partition coefficient (Wildman–Crippen LogP) is 2.92. The van der Waals surface area contributed by atoms with Crippen LogP contribution in [0.5, 0.6) is 0 Å². The molecular formula is C14H20BBrO2. The molecule has 0 radical (unpaired) electrons. The molecule has 1 fully saturated rings. The Labute approximate surface area is 118 Å². The van der Waals surface area contributed by atoms with Gasteiger partial charge < -0.3 is 9.31 Å². The zero-order valence-electron chi connectivity index (χ0n) is 11.5. The molecule has 0 aromatic heterocycles. The zero-order chi connectivity index (χ0) is 13.4. The summed E-state index contributed by atoms with van der Waals surface area (Å²) in [5.41, 5.74) is 1.88. The maximum Gasteiger partial charge on any atom is 0.495 e. The first-order valence-electron chi connectivity index (χ1n) is 6.37. The third-order valence-electron chi connectivity index (χ3n) is 3.93. The van der Waals surface area contributed by atoms with Crippen molar-refractivity contribution in [2.75, 3.05) is 5.33 Å². The van der Waals surface area contributed by atoms with Crippen LogP contribution < -0.4 is 5.46 Å². The highest BCUT2D eigenvalue weighted by Crippen LogP contribution is 2.36. The molecule has 0 spiro atoms. The first-order chi connectivity index (χ1) is 8.37. The summed E-state index contributed by atoms with van der Waals surface area (Å²) in [5.74, 6) is 0. The van der Waals surface area contributed by atoms with Gasteiger partial charge in [-0.05, 0) is 45.1 Å². The molecule has 1 aliphatic heterocycles. The highest BCUT2D eigenvalue weighted by molar-refractivity contribution is 9.09. The lowest BCUT2D eigenvalue weighted by Gasteiger charge is -2.32. The first-order valence-corrected chi connectivity index (χ1v) is 7.49. The van der Waals surface area contributed by atoms with Gasteiger partial charge in [0.1, 0.15) is 0 Å². The van der Waals surface area contributed by atoms with Crippen molar-refractivity contribution >= 4 is 28.5 Å². The Morgan fingerprint density at radius 3 is 2.17 bits per heavy atom. The van der Waals surface area contributed by atoms with E-state index in [2.05, 4.69) is 61.8 Å². The van der Waals surface area contributed by atoms with Gasteiger partial charge in [-0.15, -0.1) is 0 Å². The lowest BCUT2D eigenvalue weighted by molar-refractivity contribution is 0.00578. The van der Waals surface area contributed by atoms with E-state index in [1.807, 2.05) is 6.07 Å².